The zero-order valence-corrected chi connectivity index (χ0v) is 7.34. The molecule has 0 bridgehead atoms. The van der Waals surface area contributed by atoms with Gasteiger partial charge in [0.1, 0.15) is 0 Å². The summed E-state index contributed by atoms with van der Waals surface area (Å²) >= 11 is 0. The summed E-state index contributed by atoms with van der Waals surface area (Å²) < 4.78 is 5.56. The molecule has 0 aliphatic carbocycles. The van der Waals surface area contributed by atoms with Crippen LogP contribution in [-0.4, -0.2) is 29.8 Å². The highest BCUT2D eigenvalue weighted by Gasteiger charge is 2.06. The first-order valence-corrected chi connectivity index (χ1v) is 5.48. The molecule has 10 heavy (non-hydrogen) atoms. The van der Waals surface area contributed by atoms with E-state index in [0.717, 1.165) is 0 Å². The molecule has 0 spiro atoms. The lowest BCUT2D eigenvalue weighted by Gasteiger charge is -2.10. The molecule has 0 aromatic rings. The van der Waals surface area contributed by atoms with Crippen LogP contribution in [0, 0.1) is 0 Å². The van der Waals surface area contributed by atoms with Gasteiger partial charge in [-0.15, -0.1) is 0 Å². The second-order valence-corrected chi connectivity index (χ2v) is 4.75. The maximum Gasteiger partial charge on any atom is 0.0815 e. The van der Waals surface area contributed by atoms with Gasteiger partial charge in [0.2, 0.25) is 0 Å². The van der Waals surface area contributed by atoms with Crippen LogP contribution in [0.15, 0.2) is 0 Å². The summed E-state index contributed by atoms with van der Waals surface area (Å²) in [6.07, 6.45) is 3.77. The zero-order chi connectivity index (χ0) is 7.40. The Balaban J connectivity index is 2.23. The van der Waals surface area contributed by atoms with Gasteiger partial charge in [-0.1, -0.05) is 5.80 Å². The van der Waals surface area contributed by atoms with Crippen LogP contribution in [0.1, 0.15) is 19.8 Å². The maximum absolute atomic E-state index is 8.67. The highest BCUT2D eigenvalue weighted by Crippen LogP contribution is 2.32. The average molecular weight is 162 g/mol. The van der Waals surface area contributed by atoms with Gasteiger partial charge in [-0.05, 0) is 33.7 Å². The molecule has 0 fully saturated rings. The Bertz CT molecular complexity index is 134. The van der Waals surface area contributed by atoms with Crippen molar-refractivity contribution < 1.29 is 9.63 Å². The molecule has 3 heteroatoms. The van der Waals surface area contributed by atoms with Crippen LogP contribution in [0.4, 0.5) is 0 Å². The van der Waals surface area contributed by atoms with Crippen molar-refractivity contribution in [1.29, 1.82) is 0 Å². The Kier molecular flexibility index (Phi) is 3.47. The molecular weight excluding hydrogens is 147 g/mol. The number of aliphatic hydroxyl groups is 1. The van der Waals surface area contributed by atoms with Crippen molar-refractivity contribution in [3.8, 4) is 0 Å². The Morgan fingerprint density at radius 2 is 2.60 bits per heavy atom. The number of hydrogen-bond donors (Lipinski definition) is 1. The van der Waals surface area contributed by atoms with E-state index in [1.807, 2.05) is 6.92 Å². The SMILES string of the molecule is CC(CO)O[PH]1=CCCC1. The van der Waals surface area contributed by atoms with Crippen molar-refractivity contribution in [2.45, 2.75) is 25.9 Å². The highest BCUT2D eigenvalue weighted by atomic mass is 31.1. The topological polar surface area (TPSA) is 29.5 Å². The lowest BCUT2D eigenvalue weighted by molar-refractivity contribution is 0.145. The standard InChI is InChI=1S/C7H15O2P/c1-7(6-8)9-10-4-2-3-5-10/h4,7-8,10H,2-3,5-6H2,1H3. The normalized spacial score (nSPS) is 28.0. The molecule has 2 unspecified atom stereocenters. The molecule has 0 radical (unpaired) electrons. The van der Waals surface area contributed by atoms with Gasteiger partial charge >= 0.3 is 0 Å². The second kappa shape index (κ2) is 4.17. The third kappa shape index (κ3) is 2.45. The first-order chi connectivity index (χ1) is 4.83. The summed E-state index contributed by atoms with van der Waals surface area (Å²) in [6.45, 7) is 2.08. The number of rotatable bonds is 3. The molecule has 0 aromatic heterocycles. The van der Waals surface area contributed by atoms with Gasteiger partial charge in [-0.25, -0.2) is 0 Å². The minimum atomic E-state index is -0.608. The van der Waals surface area contributed by atoms with Crippen molar-refractivity contribution in [2.24, 2.45) is 0 Å². The van der Waals surface area contributed by atoms with Crippen molar-refractivity contribution >= 4 is 13.6 Å². The fourth-order valence-electron chi connectivity index (χ4n) is 1.04. The molecule has 1 aliphatic heterocycles. The monoisotopic (exact) mass is 162 g/mol. The molecular formula is C7H15O2P. The minimum absolute atomic E-state index is 0.0447. The summed E-state index contributed by atoms with van der Waals surface area (Å²) in [6, 6.07) is 0. The van der Waals surface area contributed by atoms with Crippen LogP contribution in [0.25, 0.3) is 0 Å². The molecule has 2 atom stereocenters. The van der Waals surface area contributed by atoms with E-state index in [0.29, 0.717) is 0 Å². The molecule has 1 N–H and O–H groups in total. The van der Waals surface area contributed by atoms with Crippen LogP contribution in [0.5, 0.6) is 0 Å². The van der Waals surface area contributed by atoms with Gasteiger partial charge in [0.15, 0.2) is 0 Å². The Hall–Kier alpha value is 0.220. The largest absolute Gasteiger partial charge is 0.394 e. The molecule has 1 rings (SSSR count). The number of aliphatic hydroxyl groups excluding tert-OH is 1. The van der Waals surface area contributed by atoms with Crippen LogP contribution >= 0.6 is 7.77 Å². The summed E-state index contributed by atoms with van der Waals surface area (Å²) in [5.74, 6) is 2.29. The van der Waals surface area contributed by atoms with Crippen LogP contribution < -0.4 is 0 Å². The summed E-state index contributed by atoms with van der Waals surface area (Å²) in [5, 5.41) is 8.67. The van der Waals surface area contributed by atoms with E-state index in [9.17, 15) is 0 Å². The molecule has 0 aromatic carbocycles. The van der Waals surface area contributed by atoms with Crippen molar-refractivity contribution in [1.82, 2.24) is 0 Å². The van der Waals surface area contributed by atoms with Gasteiger partial charge < -0.3 is 9.63 Å². The van der Waals surface area contributed by atoms with E-state index in [-0.39, 0.29) is 12.7 Å². The Morgan fingerprint density at radius 1 is 1.80 bits per heavy atom. The Labute approximate surface area is 62.7 Å². The van der Waals surface area contributed by atoms with E-state index in [4.69, 9.17) is 9.63 Å². The molecule has 0 amide bonds. The third-order valence-corrected chi connectivity index (χ3v) is 3.90. The summed E-state index contributed by atoms with van der Waals surface area (Å²) in [5.41, 5.74) is 0. The van der Waals surface area contributed by atoms with Crippen molar-refractivity contribution in [3.05, 3.63) is 0 Å². The summed E-state index contributed by atoms with van der Waals surface area (Å²) in [4.78, 5) is 0. The van der Waals surface area contributed by atoms with Gasteiger partial charge in [0, 0.05) is 0 Å². The second-order valence-electron chi connectivity index (χ2n) is 2.67. The third-order valence-electron chi connectivity index (χ3n) is 1.61. The van der Waals surface area contributed by atoms with Crippen LogP contribution in [0.3, 0.4) is 0 Å². The first kappa shape index (κ1) is 8.32. The maximum atomic E-state index is 8.67. The van der Waals surface area contributed by atoms with E-state index in [2.05, 4.69) is 5.80 Å². The van der Waals surface area contributed by atoms with Gasteiger partial charge in [0.25, 0.3) is 0 Å². The van der Waals surface area contributed by atoms with E-state index in [1.165, 1.54) is 19.0 Å². The van der Waals surface area contributed by atoms with Gasteiger partial charge in [-0.2, -0.15) is 0 Å². The lowest BCUT2D eigenvalue weighted by atomic mass is 10.4. The first-order valence-electron chi connectivity index (χ1n) is 3.79. The quantitative estimate of drug-likeness (QED) is 0.630. The predicted molar refractivity (Wildman–Crippen MR) is 46.1 cm³/mol. The Morgan fingerprint density at radius 3 is 3.10 bits per heavy atom. The molecule has 0 saturated heterocycles. The van der Waals surface area contributed by atoms with E-state index >= 15 is 0 Å². The zero-order valence-electron chi connectivity index (χ0n) is 6.34. The van der Waals surface area contributed by atoms with E-state index < -0.39 is 7.77 Å². The van der Waals surface area contributed by atoms with Crippen LogP contribution in [0.2, 0.25) is 0 Å². The molecule has 0 saturated carbocycles. The lowest BCUT2D eigenvalue weighted by Crippen LogP contribution is -2.08. The minimum Gasteiger partial charge on any atom is -0.394 e. The smallest absolute Gasteiger partial charge is 0.0815 e. The van der Waals surface area contributed by atoms with Crippen molar-refractivity contribution in [2.75, 3.05) is 12.8 Å². The van der Waals surface area contributed by atoms with Gasteiger partial charge in [-0.3, -0.25) is 0 Å². The van der Waals surface area contributed by atoms with Crippen LogP contribution in [-0.2, 0) is 4.52 Å². The predicted octanol–water partition coefficient (Wildman–Crippen LogP) is 1.11. The number of hydrogen-bond acceptors (Lipinski definition) is 2. The molecule has 1 heterocycles. The van der Waals surface area contributed by atoms with Gasteiger partial charge in [0.05, 0.1) is 12.7 Å². The molecule has 60 valence electrons. The summed E-state index contributed by atoms with van der Waals surface area (Å²) in [7, 11) is -0.608. The fourth-order valence-corrected chi connectivity index (χ4v) is 3.13. The fraction of sp³-hybridized carbons (Fsp3) is 0.857. The molecule has 1 aliphatic rings. The average Bonchev–Trinajstić information content (AvgIpc) is 2.40. The highest BCUT2D eigenvalue weighted by molar-refractivity contribution is 7.52. The molecule has 2 nitrogen and oxygen atoms in total. The van der Waals surface area contributed by atoms with Crippen molar-refractivity contribution in [3.63, 3.8) is 0 Å². The van der Waals surface area contributed by atoms with E-state index in [1.54, 1.807) is 0 Å².